The Kier molecular flexibility index (Phi) is 9.38. The van der Waals surface area contributed by atoms with Crippen molar-refractivity contribution in [3.63, 3.8) is 0 Å². The third kappa shape index (κ3) is 8.02. The summed E-state index contributed by atoms with van der Waals surface area (Å²) in [6, 6.07) is 0.150. The summed E-state index contributed by atoms with van der Waals surface area (Å²) in [7, 11) is 0. The molecule has 0 unspecified atom stereocenters. The van der Waals surface area contributed by atoms with E-state index in [9.17, 15) is 43.9 Å². The van der Waals surface area contributed by atoms with Crippen LogP contribution < -0.4 is 14.2 Å². The second kappa shape index (κ2) is 12.2. The first-order valence-corrected chi connectivity index (χ1v) is 10.9. The van der Waals surface area contributed by atoms with Gasteiger partial charge in [-0.15, -0.1) is 0 Å². The van der Waals surface area contributed by atoms with Gasteiger partial charge in [-0.05, 0) is 12.5 Å². The Balaban J connectivity index is 1.75. The minimum atomic E-state index is -4.94. The summed E-state index contributed by atoms with van der Waals surface area (Å²) in [6.45, 7) is 2.38. The van der Waals surface area contributed by atoms with Crippen LogP contribution in [0.5, 0.6) is 17.2 Å². The summed E-state index contributed by atoms with van der Waals surface area (Å²) in [6.07, 6.45) is -11.3. The van der Waals surface area contributed by atoms with E-state index in [0.29, 0.717) is 0 Å². The third-order valence-corrected chi connectivity index (χ3v) is 5.06. The highest BCUT2D eigenvalue weighted by Crippen LogP contribution is 2.39. The molecule has 214 valence electrons. The molecule has 3 rings (SSSR count). The fourth-order valence-electron chi connectivity index (χ4n) is 3.18. The van der Waals surface area contributed by atoms with Gasteiger partial charge >= 0.3 is 18.3 Å². The van der Waals surface area contributed by atoms with E-state index in [1.54, 1.807) is 0 Å². The molecule has 0 aliphatic carbocycles. The maximum Gasteiger partial charge on any atom is 0.432 e. The van der Waals surface area contributed by atoms with Crippen LogP contribution in [-0.2, 0) is 15.6 Å². The van der Waals surface area contributed by atoms with Gasteiger partial charge in [-0.1, -0.05) is 6.92 Å². The summed E-state index contributed by atoms with van der Waals surface area (Å²) in [5, 5.41) is 0. The first-order chi connectivity index (χ1) is 18.2. The van der Waals surface area contributed by atoms with Crippen molar-refractivity contribution in [2.75, 3.05) is 13.2 Å². The number of ether oxygens (including phenoxy) is 5. The predicted molar refractivity (Wildman–Crippen MR) is 112 cm³/mol. The van der Waals surface area contributed by atoms with Crippen molar-refractivity contribution in [1.82, 2.24) is 0 Å². The Labute approximate surface area is 214 Å². The predicted octanol–water partition coefficient (Wildman–Crippen LogP) is 7.41. The molecular weight excluding hydrogens is 558 g/mol. The van der Waals surface area contributed by atoms with Gasteiger partial charge in [0.2, 0.25) is 0 Å². The summed E-state index contributed by atoms with van der Waals surface area (Å²) in [4.78, 5) is 0. The van der Waals surface area contributed by atoms with Crippen LogP contribution in [0.1, 0.15) is 18.9 Å². The van der Waals surface area contributed by atoms with E-state index in [1.807, 2.05) is 6.92 Å². The molecule has 2 aromatic carbocycles. The smallest absolute Gasteiger partial charge is 0.432 e. The molecular formula is C24H18F10O5. The largest absolute Gasteiger partial charge is 0.453 e. The molecule has 0 radical (unpaired) electrons. The van der Waals surface area contributed by atoms with Crippen LogP contribution in [0, 0.1) is 29.2 Å². The topological polar surface area (TPSA) is 46.2 Å². The van der Waals surface area contributed by atoms with Crippen molar-refractivity contribution < 1.29 is 67.6 Å². The maximum atomic E-state index is 14.5. The third-order valence-electron chi connectivity index (χ3n) is 5.06. The van der Waals surface area contributed by atoms with Crippen LogP contribution in [0.3, 0.4) is 0 Å². The van der Waals surface area contributed by atoms with Crippen molar-refractivity contribution in [2.24, 2.45) is 5.92 Å². The zero-order valence-corrected chi connectivity index (χ0v) is 19.6. The second-order valence-corrected chi connectivity index (χ2v) is 7.95. The lowest BCUT2D eigenvalue weighted by Crippen LogP contribution is -2.31. The Morgan fingerprint density at radius 2 is 1.38 bits per heavy atom. The van der Waals surface area contributed by atoms with E-state index >= 15 is 0 Å². The Morgan fingerprint density at radius 1 is 0.872 bits per heavy atom. The van der Waals surface area contributed by atoms with Crippen molar-refractivity contribution in [1.29, 1.82) is 0 Å². The van der Waals surface area contributed by atoms with Gasteiger partial charge < -0.3 is 23.7 Å². The molecule has 0 bridgehead atoms. The normalized spacial score (nSPS) is 18.2. The van der Waals surface area contributed by atoms with Crippen LogP contribution in [-0.4, -0.2) is 25.6 Å². The van der Waals surface area contributed by atoms with Gasteiger partial charge in [-0.25, -0.2) is 17.6 Å². The summed E-state index contributed by atoms with van der Waals surface area (Å²) < 4.78 is 161. The number of benzene rings is 2. The maximum absolute atomic E-state index is 14.5. The van der Waals surface area contributed by atoms with E-state index in [0.717, 1.165) is 12.5 Å². The Bertz CT molecular complexity index is 1180. The molecule has 0 N–H and O–H groups in total. The molecule has 0 spiro atoms. The van der Waals surface area contributed by atoms with E-state index in [4.69, 9.17) is 9.47 Å². The minimum absolute atomic E-state index is 0.00678. The Hall–Kier alpha value is -3.46. The average Bonchev–Trinajstić information content (AvgIpc) is 2.81. The number of alkyl halides is 4. The van der Waals surface area contributed by atoms with Gasteiger partial charge in [0.1, 0.15) is 28.7 Å². The van der Waals surface area contributed by atoms with Crippen molar-refractivity contribution >= 4 is 0 Å². The fraction of sp³-hybridized carbons (Fsp3) is 0.333. The summed E-state index contributed by atoms with van der Waals surface area (Å²) in [5.41, 5.74) is -2.10. The highest BCUT2D eigenvalue weighted by molar-refractivity contribution is 5.37. The molecule has 1 aliphatic heterocycles. The van der Waals surface area contributed by atoms with E-state index in [1.165, 1.54) is 0 Å². The van der Waals surface area contributed by atoms with Crippen LogP contribution in [0.2, 0.25) is 0 Å². The molecule has 2 aromatic rings. The number of halogens is 10. The van der Waals surface area contributed by atoms with Crippen molar-refractivity contribution in [3.8, 4) is 17.2 Å². The van der Waals surface area contributed by atoms with Crippen LogP contribution in [0.25, 0.3) is 0 Å². The highest BCUT2D eigenvalue weighted by Gasteiger charge is 2.42. The van der Waals surface area contributed by atoms with Crippen molar-refractivity contribution in [3.05, 3.63) is 77.6 Å². The fourth-order valence-corrected chi connectivity index (χ4v) is 3.18. The lowest BCUT2D eigenvalue weighted by molar-refractivity contribution is -0.189. The molecule has 5 nitrogen and oxygen atoms in total. The van der Waals surface area contributed by atoms with Gasteiger partial charge in [0.05, 0.1) is 13.2 Å². The second-order valence-electron chi connectivity index (χ2n) is 7.95. The van der Waals surface area contributed by atoms with Crippen molar-refractivity contribution in [2.45, 2.75) is 31.9 Å². The molecule has 0 saturated carbocycles. The Morgan fingerprint density at radius 3 is 1.90 bits per heavy atom. The quantitative estimate of drug-likeness (QED) is 0.168. The summed E-state index contributed by atoms with van der Waals surface area (Å²) in [5.74, 6) is -11.6. The zero-order valence-electron chi connectivity index (χ0n) is 19.6. The van der Waals surface area contributed by atoms with Gasteiger partial charge in [0, 0.05) is 36.3 Å². The van der Waals surface area contributed by atoms with E-state index < -0.39 is 70.7 Å². The van der Waals surface area contributed by atoms with Crippen LogP contribution in [0.15, 0.2) is 48.8 Å². The van der Waals surface area contributed by atoms with E-state index in [-0.39, 0.29) is 55.7 Å². The van der Waals surface area contributed by atoms with E-state index in [2.05, 4.69) is 14.2 Å². The molecule has 0 atom stereocenters. The number of rotatable bonds is 10. The van der Waals surface area contributed by atoms with Gasteiger partial charge in [0.15, 0.2) is 29.9 Å². The van der Waals surface area contributed by atoms with Crippen LogP contribution >= 0.6 is 0 Å². The molecule has 39 heavy (non-hydrogen) atoms. The molecule has 1 aliphatic rings. The van der Waals surface area contributed by atoms with Gasteiger partial charge in [-0.3, -0.25) is 0 Å². The number of hydrogen-bond donors (Lipinski definition) is 0. The highest BCUT2D eigenvalue weighted by atomic mass is 19.3. The lowest BCUT2D eigenvalue weighted by atomic mass is 10.1. The minimum Gasteiger partial charge on any atom is -0.453 e. The number of hydrogen-bond acceptors (Lipinski definition) is 5. The first-order valence-electron chi connectivity index (χ1n) is 10.9. The molecule has 0 aromatic heterocycles. The van der Waals surface area contributed by atoms with Gasteiger partial charge in [-0.2, -0.15) is 26.3 Å². The average molecular weight is 576 g/mol. The molecule has 1 heterocycles. The van der Waals surface area contributed by atoms with Crippen LogP contribution in [0.4, 0.5) is 43.9 Å². The zero-order chi connectivity index (χ0) is 29.0. The van der Waals surface area contributed by atoms with Gasteiger partial charge in [0.25, 0.3) is 0 Å². The monoisotopic (exact) mass is 576 g/mol. The SMILES string of the molecule is CCC1COC(/C=C/C(F)(F)Oc2cc(F)c(C(F)(F)Oc3cc(F)c(OC=C(F)F)c(F)c3)c(F)c2)OC1. The lowest BCUT2D eigenvalue weighted by Gasteiger charge is -2.27. The first kappa shape index (κ1) is 30.1. The molecule has 1 saturated heterocycles. The molecule has 0 amide bonds. The molecule has 1 fully saturated rings. The standard InChI is InChI=1S/C24H18F10O5/c1-2-12-9-35-20(36-10-12)3-4-23(31,32)38-13-5-15(25)21(16(26)6-13)24(33,34)39-14-7-17(27)22(18(28)8-14)37-11-19(29)30/h3-8,11-12,20H,2,9-10H2,1H3/b4-3+. The molecule has 15 heteroatoms. The summed E-state index contributed by atoms with van der Waals surface area (Å²) >= 11 is 0.